The molecule has 1 aromatic heterocycles. The Morgan fingerprint density at radius 1 is 0.925 bits per heavy atom. The Morgan fingerprint density at radius 3 is 2.25 bits per heavy atom. The first kappa shape index (κ1) is 25.2. The molecule has 0 saturated carbocycles. The first-order chi connectivity index (χ1) is 19.3. The van der Waals surface area contributed by atoms with Crippen molar-refractivity contribution in [2.75, 3.05) is 4.90 Å². The van der Waals surface area contributed by atoms with Crippen molar-refractivity contribution in [3.8, 4) is 0 Å². The van der Waals surface area contributed by atoms with Crippen LogP contribution in [0.25, 0.3) is 6.08 Å². The third-order valence-electron chi connectivity index (χ3n) is 8.76. The third-order valence-corrected chi connectivity index (χ3v) is 9.88. The van der Waals surface area contributed by atoms with Crippen LogP contribution in [0.4, 0.5) is 5.69 Å². The normalized spacial score (nSPS) is 22.1. The number of hydrogen-bond acceptors (Lipinski definition) is 5. The average molecular weight is 564 g/mol. The van der Waals surface area contributed by atoms with Crippen molar-refractivity contribution in [1.29, 1.82) is 0 Å². The number of nitrogens with zero attached hydrogens (tertiary/aromatic N) is 1. The highest BCUT2D eigenvalue weighted by Crippen LogP contribution is 2.61. The SMILES string of the molecule is CC(C)c1ccc([C@@H]2[C@H](C(=O)c3cccs3)N3c4ccc(Cl)cc4C=C[C@H]3C23C(=O)c2ccccc2C3=O)cc1. The van der Waals surface area contributed by atoms with Gasteiger partial charge < -0.3 is 4.90 Å². The second-order valence-corrected chi connectivity index (χ2v) is 12.5. The molecule has 40 heavy (non-hydrogen) atoms. The lowest BCUT2D eigenvalue weighted by atomic mass is 9.64. The number of halogens is 1. The number of thiophene rings is 1. The number of anilines is 1. The van der Waals surface area contributed by atoms with Crippen molar-refractivity contribution in [3.05, 3.63) is 128 Å². The molecule has 1 saturated heterocycles. The summed E-state index contributed by atoms with van der Waals surface area (Å²) in [5.41, 5.74) is 2.98. The van der Waals surface area contributed by atoms with Crippen LogP contribution >= 0.6 is 22.9 Å². The van der Waals surface area contributed by atoms with E-state index in [1.165, 1.54) is 11.3 Å². The number of carbonyl (C=O) groups excluding carboxylic acids is 3. The lowest BCUT2D eigenvalue weighted by molar-refractivity contribution is 0.0666. The highest BCUT2D eigenvalue weighted by Gasteiger charge is 2.71. The van der Waals surface area contributed by atoms with Gasteiger partial charge in [-0.15, -0.1) is 11.3 Å². The van der Waals surface area contributed by atoms with Gasteiger partial charge in [0.2, 0.25) is 0 Å². The smallest absolute Gasteiger partial charge is 0.195 e. The van der Waals surface area contributed by atoms with Gasteiger partial charge in [-0.25, -0.2) is 0 Å². The third kappa shape index (κ3) is 3.34. The first-order valence-electron chi connectivity index (χ1n) is 13.5. The van der Waals surface area contributed by atoms with Gasteiger partial charge in [0.25, 0.3) is 0 Å². The fourth-order valence-corrected chi connectivity index (χ4v) is 7.85. The van der Waals surface area contributed by atoms with E-state index in [1.807, 2.05) is 58.8 Å². The van der Waals surface area contributed by atoms with Crippen LogP contribution in [-0.2, 0) is 0 Å². The molecule has 3 aromatic carbocycles. The van der Waals surface area contributed by atoms with Gasteiger partial charge in [-0.1, -0.05) is 92.2 Å². The lowest BCUT2D eigenvalue weighted by Gasteiger charge is -2.37. The van der Waals surface area contributed by atoms with E-state index in [0.717, 1.165) is 22.4 Å². The predicted octanol–water partition coefficient (Wildman–Crippen LogP) is 7.84. The van der Waals surface area contributed by atoms with Gasteiger partial charge >= 0.3 is 0 Å². The average Bonchev–Trinajstić information content (AvgIpc) is 3.66. The molecule has 4 nitrogen and oxygen atoms in total. The van der Waals surface area contributed by atoms with Gasteiger partial charge in [0.15, 0.2) is 17.3 Å². The Balaban J connectivity index is 1.54. The highest BCUT2D eigenvalue weighted by molar-refractivity contribution is 7.12. The molecule has 4 aromatic rings. The predicted molar refractivity (Wildman–Crippen MR) is 160 cm³/mol. The van der Waals surface area contributed by atoms with Crippen LogP contribution in [0.15, 0.2) is 90.3 Å². The van der Waals surface area contributed by atoms with Crippen molar-refractivity contribution < 1.29 is 14.4 Å². The number of benzene rings is 3. The zero-order valence-electron chi connectivity index (χ0n) is 22.0. The van der Waals surface area contributed by atoms with Gasteiger partial charge in [0, 0.05) is 27.8 Å². The van der Waals surface area contributed by atoms with E-state index in [4.69, 9.17) is 11.6 Å². The van der Waals surface area contributed by atoms with E-state index >= 15 is 0 Å². The Morgan fingerprint density at radius 2 is 1.62 bits per heavy atom. The summed E-state index contributed by atoms with van der Waals surface area (Å²) in [6.07, 6.45) is 3.86. The summed E-state index contributed by atoms with van der Waals surface area (Å²) in [5.74, 6) is -0.913. The molecule has 3 atom stereocenters. The van der Waals surface area contributed by atoms with Crippen LogP contribution in [-0.4, -0.2) is 29.4 Å². The van der Waals surface area contributed by atoms with E-state index in [0.29, 0.717) is 26.9 Å². The molecule has 3 heterocycles. The van der Waals surface area contributed by atoms with Crippen molar-refractivity contribution >= 4 is 52.1 Å². The molecule has 3 aliphatic rings. The van der Waals surface area contributed by atoms with Gasteiger partial charge in [-0.05, 0) is 52.3 Å². The van der Waals surface area contributed by atoms with Crippen LogP contribution in [0.3, 0.4) is 0 Å². The van der Waals surface area contributed by atoms with E-state index < -0.39 is 23.4 Å². The lowest BCUT2D eigenvalue weighted by Crippen LogP contribution is -2.48. The van der Waals surface area contributed by atoms with E-state index in [2.05, 4.69) is 26.0 Å². The van der Waals surface area contributed by atoms with Crippen molar-refractivity contribution in [2.24, 2.45) is 5.41 Å². The second kappa shape index (κ2) is 9.12. The molecular weight excluding hydrogens is 538 g/mol. The van der Waals surface area contributed by atoms with E-state index in [1.54, 1.807) is 30.3 Å². The maximum atomic E-state index is 14.7. The molecule has 0 unspecified atom stereocenters. The zero-order valence-corrected chi connectivity index (χ0v) is 23.6. The molecule has 1 aliphatic carbocycles. The summed E-state index contributed by atoms with van der Waals surface area (Å²) in [6, 6.07) is 23.0. The van der Waals surface area contributed by atoms with Crippen LogP contribution < -0.4 is 4.90 Å². The van der Waals surface area contributed by atoms with Crippen LogP contribution in [0, 0.1) is 5.41 Å². The molecule has 6 heteroatoms. The Bertz CT molecular complexity index is 1690. The van der Waals surface area contributed by atoms with Crippen molar-refractivity contribution in [2.45, 2.75) is 37.8 Å². The van der Waals surface area contributed by atoms with Crippen LogP contribution in [0.1, 0.15) is 72.8 Å². The zero-order chi connectivity index (χ0) is 27.8. The minimum atomic E-state index is -1.49. The number of rotatable bonds is 4. The van der Waals surface area contributed by atoms with E-state index in [-0.39, 0.29) is 17.3 Å². The number of hydrogen-bond donors (Lipinski definition) is 0. The maximum absolute atomic E-state index is 14.7. The molecule has 2 aliphatic heterocycles. The summed E-state index contributed by atoms with van der Waals surface area (Å²) < 4.78 is 0. The number of fused-ring (bicyclic) bond motifs is 5. The fourth-order valence-electron chi connectivity index (χ4n) is 6.97. The number of Topliss-reactive ketones (excluding diaryl/α,β-unsaturated/α-hetero) is 3. The van der Waals surface area contributed by atoms with Crippen molar-refractivity contribution in [1.82, 2.24) is 0 Å². The topological polar surface area (TPSA) is 54.5 Å². The minimum absolute atomic E-state index is 0.0948. The summed E-state index contributed by atoms with van der Waals surface area (Å²) in [7, 11) is 0. The van der Waals surface area contributed by atoms with E-state index in [9.17, 15) is 14.4 Å². The Hall–Kier alpha value is -3.80. The number of carbonyl (C=O) groups is 3. The van der Waals surface area contributed by atoms with Gasteiger partial charge in [0.1, 0.15) is 11.5 Å². The highest BCUT2D eigenvalue weighted by atomic mass is 35.5. The Kier molecular flexibility index (Phi) is 5.74. The molecule has 0 N–H and O–H groups in total. The van der Waals surface area contributed by atoms with Gasteiger partial charge in [0.05, 0.1) is 10.9 Å². The fraction of sp³-hybridized carbons (Fsp3) is 0.206. The largest absolute Gasteiger partial charge is 0.352 e. The Labute approximate surface area is 241 Å². The summed E-state index contributed by atoms with van der Waals surface area (Å²) in [5, 5.41) is 2.46. The summed E-state index contributed by atoms with van der Waals surface area (Å²) in [4.78, 5) is 46.5. The first-order valence-corrected chi connectivity index (χ1v) is 14.7. The molecule has 0 amide bonds. The minimum Gasteiger partial charge on any atom is -0.352 e. The molecule has 0 bridgehead atoms. The van der Waals surface area contributed by atoms with Crippen LogP contribution in [0.5, 0.6) is 0 Å². The summed E-state index contributed by atoms with van der Waals surface area (Å²) in [6.45, 7) is 4.26. The monoisotopic (exact) mass is 563 g/mol. The molecule has 198 valence electrons. The van der Waals surface area contributed by atoms with Crippen molar-refractivity contribution in [3.63, 3.8) is 0 Å². The molecule has 1 spiro atoms. The molecule has 7 rings (SSSR count). The quantitative estimate of drug-likeness (QED) is 0.187. The van der Waals surface area contributed by atoms with Gasteiger partial charge in [-0.3, -0.25) is 14.4 Å². The molecule has 0 radical (unpaired) electrons. The number of ketones is 3. The standard InChI is InChI=1S/C34H26ClNO3S/c1-19(2)20-9-11-21(12-10-20)29-30(31(37)27-8-5-17-40-27)36-26-15-14-23(35)18-22(26)13-16-28(36)34(29)32(38)24-6-3-4-7-25(24)33(34)39/h3-19,28-30H,1-2H3/t28-,29+,30+/m0/s1. The molecule has 1 fully saturated rings. The molecular formula is C34H26ClNO3S. The maximum Gasteiger partial charge on any atom is 0.195 e. The van der Waals surface area contributed by atoms with Crippen LogP contribution in [0.2, 0.25) is 5.02 Å². The van der Waals surface area contributed by atoms with Gasteiger partial charge in [-0.2, -0.15) is 0 Å². The second-order valence-electron chi connectivity index (χ2n) is 11.1. The summed E-state index contributed by atoms with van der Waals surface area (Å²) >= 11 is 7.75.